The molecule has 0 bridgehead atoms. The van der Waals surface area contributed by atoms with E-state index in [1.165, 1.54) is 0 Å². The molecule has 0 aromatic carbocycles. The van der Waals surface area contributed by atoms with Crippen LogP contribution in [0.5, 0.6) is 0 Å². The van der Waals surface area contributed by atoms with Crippen LogP contribution in [0.4, 0.5) is 4.39 Å². The number of rotatable bonds is 1. The second-order valence-corrected chi connectivity index (χ2v) is 4.96. The van der Waals surface area contributed by atoms with E-state index in [0.29, 0.717) is 13.0 Å². The molecule has 0 unspecified atom stereocenters. The van der Waals surface area contributed by atoms with Crippen molar-refractivity contribution in [2.24, 2.45) is 0 Å². The lowest BCUT2D eigenvalue weighted by molar-refractivity contribution is -0.132. The number of carbonyl (C=O) groups excluding carboxylic acids is 1. The highest BCUT2D eigenvalue weighted by atomic mass is 32.2. The van der Waals surface area contributed by atoms with Crippen molar-refractivity contribution in [3.05, 3.63) is 0 Å². The van der Waals surface area contributed by atoms with Gasteiger partial charge in [0.2, 0.25) is 5.91 Å². The first kappa shape index (κ1) is 10.2. The van der Waals surface area contributed by atoms with Crippen molar-refractivity contribution in [1.29, 1.82) is 0 Å². The Bertz CT molecular complexity index is 214. The third kappa shape index (κ3) is 2.20. The summed E-state index contributed by atoms with van der Waals surface area (Å²) in [6.45, 7) is 1.97. The van der Waals surface area contributed by atoms with Gasteiger partial charge >= 0.3 is 0 Å². The van der Waals surface area contributed by atoms with Crippen LogP contribution in [0.3, 0.4) is 0 Å². The zero-order valence-corrected chi connectivity index (χ0v) is 8.86. The molecule has 1 N–H and O–H groups in total. The van der Waals surface area contributed by atoms with Gasteiger partial charge in [-0.1, -0.05) is 0 Å². The Labute approximate surface area is 87.4 Å². The third-order valence-electron chi connectivity index (χ3n) is 2.70. The molecule has 2 saturated heterocycles. The number of thioether (sulfide) groups is 1. The molecule has 2 fully saturated rings. The fraction of sp³-hybridized carbons (Fsp3) is 0.889. The fourth-order valence-electron chi connectivity index (χ4n) is 1.88. The van der Waals surface area contributed by atoms with E-state index in [4.69, 9.17) is 0 Å². The molecule has 0 saturated carbocycles. The summed E-state index contributed by atoms with van der Waals surface area (Å²) in [6.07, 6.45) is -0.495. The molecule has 0 aromatic rings. The molecule has 2 aliphatic rings. The lowest BCUT2D eigenvalue weighted by Gasteiger charge is -2.28. The second-order valence-electron chi connectivity index (χ2n) is 3.73. The molecule has 80 valence electrons. The molecule has 2 aliphatic heterocycles. The number of hydrogen-bond acceptors (Lipinski definition) is 3. The number of hydrogen-bond donors (Lipinski definition) is 1. The molecule has 0 aromatic heterocycles. The van der Waals surface area contributed by atoms with Crippen LogP contribution < -0.4 is 5.32 Å². The summed E-state index contributed by atoms with van der Waals surface area (Å²) >= 11 is 1.87. The molecule has 5 heteroatoms. The first-order valence-electron chi connectivity index (χ1n) is 5.01. The van der Waals surface area contributed by atoms with Gasteiger partial charge in [0, 0.05) is 37.6 Å². The summed E-state index contributed by atoms with van der Waals surface area (Å²) in [5.74, 6) is 2.11. The predicted molar refractivity (Wildman–Crippen MR) is 55.2 cm³/mol. The van der Waals surface area contributed by atoms with Crippen molar-refractivity contribution >= 4 is 17.7 Å². The Morgan fingerprint density at radius 3 is 2.71 bits per heavy atom. The van der Waals surface area contributed by atoms with Crippen LogP contribution in [0.25, 0.3) is 0 Å². The molecule has 3 nitrogen and oxygen atoms in total. The summed E-state index contributed by atoms with van der Waals surface area (Å²) in [6, 6.07) is -0.270. The van der Waals surface area contributed by atoms with Gasteiger partial charge in [0.1, 0.15) is 6.17 Å². The van der Waals surface area contributed by atoms with E-state index in [2.05, 4.69) is 5.32 Å². The Hall–Kier alpha value is -0.290. The van der Waals surface area contributed by atoms with E-state index >= 15 is 0 Å². The monoisotopic (exact) mass is 218 g/mol. The van der Waals surface area contributed by atoms with E-state index < -0.39 is 6.17 Å². The Kier molecular flexibility index (Phi) is 3.28. The van der Waals surface area contributed by atoms with Crippen molar-refractivity contribution in [1.82, 2.24) is 10.2 Å². The average Bonchev–Trinajstić information content (AvgIpc) is 2.65. The summed E-state index contributed by atoms with van der Waals surface area (Å²) in [7, 11) is 0. The standard InChI is InChI=1S/C9H15FN2OS/c10-7-5-8(11-6-7)9(13)12-1-3-14-4-2-12/h7-8,11H,1-6H2/t7-,8-/m0/s1. The van der Waals surface area contributed by atoms with Gasteiger partial charge in [-0.15, -0.1) is 0 Å². The first-order chi connectivity index (χ1) is 6.77. The maximum absolute atomic E-state index is 12.9. The van der Waals surface area contributed by atoms with E-state index in [1.807, 2.05) is 16.7 Å². The number of halogens is 1. The third-order valence-corrected chi connectivity index (χ3v) is 3.64. The van der Waals surface area contributed by atoms with Gasteiger partial charge in [0.25, 0.3) is 0 Å². The molecular formula is C9H15FN2OS. The lowest BCUT2D eigenvalue weighted by Crippen LogP contribution is -2.46. The highest BCUT2D eigenvalue weighted by Crippen LogP contribution is 2.15. The minimum absolute atomic E-state index is 0.0884. The fourth-order valence-corrected chi connectivity index (χ4v) is 2.79. The predicted octanol–water partition coefficient (Wildman–Crippen LogP) is 0.262. The van der Waals surface area contributed by atoms with Crippen molar-refractivity contribution in [3.63, 3.8) is 0 Å². The minimum atomic E-state index is -0.844. The topological polar surface area (TPSA) is 32.3 Å². The number of nitrogens with zero attached hydrogens (tertiary/aromatic N) is 1. The molecule has 0 spiro atoms. The summed E-state index contributed by atoms with van der Waals surface area (Å²) in [5, 5.41) is 2.93. The van der Waals surface area contributed by atoms with Gasteiger partial charge in [-0.2, -0.15) is 11.8 Å². The van der Waals surface area contributed by atoms with Crippen LogP contribution in [0.15, 0.2) is 0 Å². The molecule has 14 heavy (non-hydrogen) atoms. The Morgan fingerprint density at radius 1 is 1.43 bits per heavy atom. The zero-order valence-electron chi connectivity index (χ0n) is 8.04. The SMILES string of the molecule is O=C([C@@H]1C[C@H](F)CN1)N1CCSCC1. The largest absolute Gasteiger partial charge is 0.340 e. The van der Waals surface area contributed by atoms with Gasteiger partial charge in [-0.3, -0.25) is 4.79 Å². The molecule has 0 aliphatic carbocycles. The van der Waals surface area contributed by atoms with Crippen LogP contribution in [0.1, 0.15) is 6.42 Å². The molecule has 2 rings (SSSR count). The number of amides is 1. The van der Waals surface area contributed by atoms with Gasteiger partial charge in [0.05, 0.1) is 6.04 Å². The van der Waals surface area contributed by atoms with E-state index in [-0.39, 0.29) is 11.9 Å². The summed E-state index contributed by atoms with van der Waals surface area (Å²) in [5.41, 5.74) is 0. The number of carbonyl (C=O) groups is 1. The maximum Gasteiger partial charge on any atom is 0.239 e. The average molecular weight is 218 g/mol. The lowest BCUT2D eigenvalue weighted by atomic mass is 10.2. The van der Waals surface area contributed by atoms with Crippen LogP contribution >= 0.6 is 11.8 Å². The van der Waals surface area contributed by atoms with E-state index in [1.54, 1.807) is 0 Å². The van der Waals surface area contributed by atoms with Gasteiger partial charge < -0.3 is 10.2 Å². The minimum Gasteiger partial charge on any atom is -0.340 e. The molecular weight excluding hydrogens is 203 g/mol. The molecule has 0 radical (unpaired) electrons. The van der Waals surface area contributed by atoms with Crippen LogP contribution in [-0.2, 0) is 4.79 Å². The Balaban J connectivity index is 1.87. The molecule has 2 atom stereocenters. The number of alkyl halides is 1. The highest BCUT2D eigenvalue weighted by Gasteiger charge is 2.32. The first-order valence-corrected chi connectivity index (χ1v) is 6.17. The molecule has 2 heterocycles. The van der Waals surface area contributed by atoms with Crippen molar-refractivity contribution in [2.45, 2.75) is 18.6 Å². The quantitative estimate of drug-likeness (QED) is 0.685. The second kappa shape index (κ2) is 4.49. The van der Waals surface area contributed by atoms with E-state index in [9.17, 15) is 9.18 Å². The van der Waals surface area contributed by atoms with Crippen LogP contribution in [0, 0.1) is 0 Å². The van der Waals surface area contributed by atoms with Gasteiger partial charge in [-0.05, 0) is 0 Å². The number of nitrogens with one attached hydrogen (secondary N) is 1. The van der Waals surface area contributed by atoms with Gasteiger partial charge in [0.15, 0.2) is 0 Å². The van der Waals surface area contributed by atoms with Gasteiger partial charge in [-0.25, -0.2) is 4.39 Å². The van der Waals surface area contributed by atoms with Crippen LogP contribution in [-0.4, -0.2) is 54.2 Å². The smallest absolute Gasteiger partial charge is 0.239 e. The van der Waals surface area contributed by atoms with Crippen LogP contribution in [0.2, 0.25) is 0 Å². The normalized spacial score (nSPS) is 33.4. The Morgan fingerprint density at radius 2 is 2.14 bits per heavy atom. The molecule has 1 amide bonds. The zero-order chi connectivity index (χ0) is 9.97. The maximum atomic E-state index is 12.9. The highest BCUT2D eigenvalue weighted by molar-refractivity contribution is 7.99. The van der Waals surface area contributed by atoms with E-state index in [0.717, 1.165) is 24.6 Å². The summed E-state index contributed by atoms with van der Waals surface area (Å²) in [4.78, 5) is 13.7. The van der Waals surface area contributed by atoms with Crippen molar-refractivity contribution < 1.29 is 9.18 Å². The summed E-state index contributed by atoms with van der Waals surface area (Å²) < 4.78 is 12.9. The van der Waals surface area contributed by atoms with Crippen molar-refractivity contribution in [2.75, 3.05) is 31.1 Å². The van der Waals surface area contributed by atoms with Crippen molar-refractivity contribution in [3.8, 4) is 0 Å².